The summed E-state index contributed by atoms with van der Waals surface area (Å²) in [6.45, 7) is 1.54. The SMILES string of the molecule is CC(O)C(N)C(=O)N1CCCC1C(=O)NC(CCC(=O)O)C(=O)NC(CCC(N)=O)C(=O)O. The molecule has 0 aromatic carbocycles. The Bertz CT molecular complexity index is 773. The number of aliphatic carboxylic acids is 2. The maximum absolute atomic E-state index is 12.8. The molecule has 0 saturated carbocycles. The number of carbonyl (C=O) groups is 6. The van der Waals surface area contributed by atoms with Crippen molar-refractivity contribution in [1.29, 1.82) is 0 Å². The standard InChI is InChI=1S/C19H31N5O9/c1-9(25)15(21)18(31)24-8-2-3-12(24)17(30)22-10(5-7-14(27)28)16(29)23-11(19(32)33)4-6-13(20)26/h9-12,15,25H,2-8,21H2,1H3,(H2,20,26)(H,22,30)(H,23,29)(H,27,28)(H,32,33). The van der Waals surface area contributed by atoms with Crippen molar-refractivity contribution in [2.45, 2.75) is 75.7 Å². The zero-order valence-corrected chi connectivity index (χ0v) is 18.2. The molecule has 33 heavy (non-hydrogen) atoms. The van der Waals surface area contributed by atoms with Crippen molar-refractivity contribution >= 4 is 35.6 Å². The van der Waals surface area contributed by atoms with E-state index in [9.17, 15) is 39.0 Å². The van der Waals surface area contributed by atoms with Crippen molar-refractivity contribution in [1.82, 2.24) is 15.5 Å². The number of likely N-dealkylation sites (tertiary alicyclic amines) is 1. The van der Waals surface area contributed by atoms with Crippen LogP contribution in [0.25, 0.3) is 0 Å². The number of hydrogen-bond donors (Lipinski definition) is 7. The molecular weight excluding hydrogens is 442 g/mol. The highest BCUT2D eigenvalue weighted by Gasteiger charge is 2.38. The number of hydrogen-bond acceptors (Lipinski definition) is 8. The molecule has 14 heteroatoms. The number of carboxylic acid groups (broad SMARTS) is 2. The third-order valence-corrected chi connectivity index (χ3v) is 5.22. The van der Waals surface area contributed by atoms with Crippen LogP contribution in [0.15, 0.2) is 0 Å². The normalized spacial score (nSPS) is 19.1. The quantitative estimate of drug-likeness (QED) is 0.142. The van der Waals surface area contributed by atoms with Gasteiger partial charge in [0, 0.05) is 19.4 Å². The van der Waals surface area contributed by atoms with E-state index in [4.69, 9.17) is 16.6 Å². The van der Waals surface area contributed by atoms with E-state index < -0.39 is 72.3 Å². The van der Waals surface area contributed by atoms with Crippen LogP contribution in [0.5, 0.6) is 0 Å². The van der Waals surface area contributed by atoms with E-state index in [1.807, 2.05) is 0 Å². The molecule has 14 nitrogen and oxygen atoms in total. The van der Waals surface area contributed by atoms with Gasteiger partial charge >= 0.3 is 11.9 Å². The van der Waals surface area contributed by atoms with Gasteiger partial charge in [-0.05, 0) is 32.6 Å². The highest BCUT2D eigenvalue weighted by Crippen LogP contribution is 2.19. The highest BCUT2D eigenvalue weighted by atomic mass is 16.4. The Labute approximate surface area is 189 Å². The molecule has 0 bridgehead atoms. The molecular formula is C19H31N5O9. The van der Waals surface area contributed by atoms with Gasteiger partial charge in [0.2, 0.25) is 23.6 Å². The third kappa shape index (κ3) is 8.65. The van der Waals surface area contributed by atoms with Crippen molar-refractivity contribution in [3.63, 3.8) is 0 Å². The molecule has 1 fully saturated rings. The second kappa shape index (κ2) is 12.7. The van der Waals surface area contributed by atoms with Crippen LogP contribution in [0.2, 0.25) is 0 Å². The molecule has 0 aromatic heterocycles. The molecule has 0 aromatic rings. The average Bonchev–Trinajstić information content (AvgIpc) is 3.21. The Balaban J connectivity index is 2.95. The summed E-state index contributed by atoms with van der Waals surface area (Å²) >= 11 is 0. The molecule has 0 radical (unpaired) electrons. The van der Waals surface area contributed by atoms with Gasteiger partial charge in [0.25, 0.3) is 0 Å². The summed E-state index contributed by atoms with van der Waals surface area (Å²) in [6.07, 6.45) is -1.88. The zero-order valence-electron chi connectivity index (χ0n) is 18.2. The van der Waals surface area contributed by atoms with Crippen LogP contribution < -0.4 is 22.1 Å². The minimum Gasteiger partial charge on any atom is -0.481 e. The van der Waals surface area contributed by atoms with Crippen molar-refractivity contribution < 1.29 is 44.1 Å². The van der Waals surface area contributed by atoms with Gasteiger partial charge in [-0.25, -0.2) is 4.79 Å². The molecule has 5 atom stereocenters. The van der Waals surface area contributed by atoms with E-state index in [0.717, 1.165) is 0 Å². The van der Waals surface area contributed by atoms with Gasteiger partial charge in [-0.3, -0.25) is 24.0 Å². The predicted molar refractivity (Wildman–Crippen MR) is 111 cm³/mol. The molecule has 1 aliphatic rings. The van der Waals surface area contributed by atoms with Crippen molar-refractivity contribution in [2.75, 3.05) is 6.54 Å². The lowest BCUT2D eigenvalue weighted by Gasteiger charge is -2.29. The summed E-state index contributed by atoms with van der Waals surface area (Å²) in [5.41, 5.74) is 10.7. The predicted octanol–water partition coefficient (Wildman–Crippen LogP) is -3.13. The number of nitrogens with two attached hydrogens (primary N) is 2. The number of nitrogens with one attached hydrogen (secondary N) is 2. The maximum atomic E-state index is 12.8. The first-order chi connectivity index (χ1) is 15.3. The summed E-state index contributed by atoms with van der Waals surface area (Å²) < 4.78 is 0. The second-order valence-corrected chi connectivity index (χ2v) is 7.85. The fourth-order valence-electron chi connectivity index (χ4n) is 3.32. The summed E-state index contributed by atoms with van der Waals surface area (Å²) in [7, 11) is 0. The summed E-state index contributed by atoms with van der Waals surface area (Å²) in [5, 5.41) is 32.3. The number of nitrogens with zero attached hydrogens (tertiary/aromatic N) is 1. The van der Waals surface area contributed by atoms with Crippen molar-refractivity contribution in [2.24, 2.45) is 11.5 Å². The molecule has 9 N–H and O–H groups in total. The van der Waals surface area contributed by atoms with Crippen LogP contribution >= 0.6 is 0 Å². The Hall–Kier alpha value is -3.26. The maximum Gasteiger partial charge on any atom is 0.326 e. The molecule has 1 saturated heterocycles. The lowest BCUT2D eigenvalue weighted by molar-refractivity contribution is -0.144. The monoisotopic (exact) mass is 473 g/mol. The highest BCUT2D eigenvalue weighted by molar-refractivity contribution is 5.94. The third-order valence-electron chi connectivity index (χ3n) is 5.22. The molecule has 0 aliphatic carbocycles. The smallest absolute Gasteiger partial charge is 0.326 e. The van der Waals surface area contributed by atoms with Gasteiger partial charge in [-0.1, -0.05) is 0 Å². The lowest BCUT2D eigenvalue weighted by atomic mass is 10.1. The minimum absolute atomic E-state index is 0.206. The Morgan fingerprint density at radius 3 is 2.15 bits per heavy atom. The van der Waals surface area contributed by atoms with E-state index in [2.05, 4.69) is 10.6 Å². The lowest BCUT2D eigenvalue weighted by Crippen LogP contribution is -2.57. The van der Waals surface area contributed by atoms with E-state index >= 15 is 0 Å². The van der Waals surface area contributed by atoms with E-state index in [1.54, 1.807) is 0 Å². The minimum atomic E-state index is -1.48. The van der Waals surface area contributed by atoms with E-state index in [0.29, 0.717) is 6.42 Å². The van der Waals surface area contributed by atoms with Crippen LogP contribution in [0, 0.1) is 0 Å². The summed E-state index contributed by atoms with van der Waals surface area (Å²) in [4.78, 5) is 72.4. The number of aliphatic hydroxyl groups excluding tert-OH is 1. The van der Waals surface area contributed by atoms with Crippen LogP contribution in [0.4, 0.5) is 0 Å². The Morgan fingerprint density at radius 1 is 1.03 bits per heavy atom. The number of primary amides is 1. The van der Waals surface area contributed by atoms with Gasteiger partial charge in [-0.15, -0.1) is 0 Å². The first kappa shape index (κ1) is 27.8. The molecule has 4 amide bonds. The molecule has 5 unspecified atom stereocenters. The molecule has 186 valence electrons. The fraction of sp³-hybridized carbons (Fsp3) is 0.684. The fourth-order valence-corrected chi connectivity index (χ4v) is 3.32. The Morgan fingerprint density at radius 2 is 1.64 bits per heavy atom. The molecule has 1 aliphatic heterocycles. The van der Waals surface area contributed by atoms with Gasteiger partial charge < -0.3 is 42.3 Å². The molecule has 1 heterocycles. The zero-order chi connectivity index (χ0) is 25.3. The molecule has 0 spiro atoms. The number of rotatable bonds is 13. The number of carboxylic acids is 2. The van der Waals surface area contributed by atoms with Gasteiger partial charge in [0.15, 0.2) is 0 Å². The van der Waals surface area contributed by atoms with Crippen molar-refractivity contribution in [3.8, 4) is 0 Å². The first-order valence-corrected chi connectivity index (χ1v) is 10.4. The Kier molecular flexibility index (Phi) is 10.7. The van der Waals surface area contributed by atoms with E-state index in [-0.39, 0.29) is 32.2 Å². The topological polar surface area (TPSA) is 242 Å². The van der Waals surface area contributed by atoms with Crippen molar-refractivity contribution in [3.05, 3.63) is 0 Å². The largest absolute Gasteiger partial charge is 0.481 e. The second-order valence-electron chi connectivity index (χ2n) is 7.85. The number of carbonyl (C=O) groups excluding carboxylic acids is 4. The van der Waals surface area contributed by atoms with E-state index in [1.165, 1.54) is 11.8 Å². The average molecular weight is 473 g/mol. The first-order valence-electron chi connectivity index (χ1n) is 10.4. The van der Waals surface area contributed by atoms with Crippen LogP contribution in [-0.4, -0.2) is 92.6 Å². The van der Waals surface area contributed by atoms with Gasteiger partial charge in [-0.2, -0.15) is 0 Å². The summed E-state index contributed by atoms with van der Waals surface area (Å²) in [6, 6.07) is -5.13. The van der Waals surface area contributed by atoms with Crippen LogP contribution in [-0.2, 0) is 28.8 Å². The number of amides is 4. The summed E-state index contributed by atoms with van der Waals surface area (Å²) in [5.74, 6) is -5.80. The number of aliphatic hydroxyl groups is 1. The van der Waals surface area contributed by atoms with Gasteiger partial charge in [0.05, 0.1) is 6.10 Å². The van der Waals surface area contributed by atoms with Crippen LogP contribution in [0.1, 0.15) is 45.4 Å². The van der Waals surface area contributed by atoms with Gasteiger partial charge in [0.1, 0.15) is 24.2 Å². The van der Waals surface area contributed by atoms with Crippen LogP contribution in [0.3, 0.4) is 0 Å². The molecule has 1 rings (SSSR count).